The molecule has 0 bridgehead atoms. The molecule has 2 aromatic carbocycles. The maximum Gasteiger partial charge on any atom is 0.301 e. The summed E-state index contributed by atoms with van der Waals surface area (Å²) in [5.74, 6) is -0.812. The predicted octanol–water partition coefficient (Wildman–Crippen LogP) is 5.51. The fourth-order valence-corrected chi connectivity index (χ4v) is 6.09. The van der Waals surface area contributed by atoms with Gasteiger partial charge in [-0.05, 0) is 41.5 Å². The van der Waals surface area contributed by atoms with Gasteiger partial charge in [-0.25, -0.2) is 0 Å². The van der Waals surface area contributed by atoms with E-state index in [4.69, 9.17) is 16.3 Å². The third-order valence-electron chi connectivity index (χ3n) is 5.72. The van der Waals surface area contributed by atoms with Crippen LogP contribution < -0.4 is 9.64 Å². The van der Waals surface area contributed by atoms with Gasteiger partial charge in [0.2, 0.25) is 5.13 Å². The van der Waals surface area contributed by atoms with Gasteiger partial charge >= 0.3 is 5.91 Å². The van der Waals surface area contributed by atoms with Gasteiger partial charge in [-0.1, -0.05) is 65.0 Å². The van der Waals surface area contributed by atoms with Crippen LogP contribution in [0.3, 0.4) is 0 Å². The summed E-state index contributed by atoms with van der Waals surface area (Å²) >= 11 is 8.87. The van der Waals surface area contributed by atoms with Gasteiger partial charge in [0.15, 0.2) is 4.34 Å². The molecule has 1 aliphatic rings. The molecule has 2 aromatic heterocycles. The summed E-state index contributed by atoms with van der Waals surface area (Å²) in [5.41, 5.74) is 1.84. The highest BCUT2D eigenvalue weighted by atomic mass is 35.5. The number of thioether (sulfide) groups is 1. The van der Waals surface area contributed by atoms with Crippen molar-refractivity contribution in [3.8, 4) is 5.75 Å². The molecule has 1 aliphatic heterocycles. The first-order valence-corrected chi connectivity index (χ1v) is 13.2. The molecule has 0 saturated carbocycles. The topological polar surface area (TPSA) is 106 Å². The highest BCUT2D eigenvalue weighted by molar-refractivity contribution is 8.00. The average Bonchev–Trinajstić information content (AvgIpc) is 3.50. The highest BCUT2D eigenvalue weighted by Crippen LogP contribution is 2.44. The van der Waals surface area contributed by atoms with Crippen LogP contribution in [0, 0.1) is 0 Å². The summed E-state index contributed by atoms with van der Waals surface area (Å²) in [6.45, 7) is 0. The van der Waals surface area contributed by atoms with Crippen molar-refractivity contribution in [1.29, 1.82) is 0 Å². The van der Waals surface area contributed by atoms with Crippen molar-refractivity contribution in [2.75, 3.05) is 12.0 Å². The minimum Gasteiger partial charge on any atom is -0.507 e. The summed E-state index contributed by atoms with van der Waals surface area (Å²) in [4.78, 5) is 31.8. The number of ketones is 1. The number of carbonyl (C=O) groups excluding carboxylic acids is 2. The fraction of sp³-hybridized carbons (Fsp3) is 0.115. The normalized spacial score (nSPS) is 16.8. The second kappa shape index (κ2) is 10.7. The first kappa shape index (κ1) is 24.9. The Bertz CT molecular complexity index is 1510. The standard InChI is InChI=1S/C26H19ClN4O4S2/c1-35-18-7-4-6-16(13-18)21-20(22(32)15-9-11-28-12-10-15)23(33)24(34)31(21)25-29-30-26(37-25)36-14-17-5-2-3-8-19(17)27/h2-13,21,32H,14H2,1H3/b22-20+. The van der Waals surface area contributed by atoms with E-state index in [9.17, 15) is 14.7 Å². The maximum atomic E-state index is 13.3. The van der Waals surface area contributed by atoms with Crippen LogP contribution in [0.5, 0.6) is 5.75 Å². The lowest BCUT2D eigenvalue weighted by Crippen LogP contribution is -2.29. The number of nitrogens with zero attached hydrogens (tertiary/aromatic N) is 4. The zero-order valence-corrected chi connectivity index (χ0v) is 21.8. The lowest BCUT2D eigenvalue weighted by Gasteiger charge is -2.22. The van der Waals surface area contributed by atoms with Crippen LogP contribution in [0.25, 0.3) is 5.76 Å². The third-order valence-corrected chi connectivity index (χ3v) is 8.19. The van der Waals surface area contributed by atoms with Gasteiger partial charge in [-0.3, -0.25) is 19.5 Å². The van der Waals surface area contributed by atoms with Gasteiger partial charge in [0, 0.05) is 28.7 Å². The first-order valence-electron chi connectivity index (χ1n) is 11.0. The van der Waals surface area contributed by atoms with Crippen molar-refractivity contribution in [2.24, 2.45) is 0 Å². The Balaban J connectivity index is 1.55. The summed E-state index contributed by atoms with van der Waals surface area (Å²) in [6.07, 6.45) is 3.00. The van der Waals surface area contributed by atoms with Gasteiger partial charge in [-0.2, -0.15) is 0 Å². The Morgan fingerprint density at radius 1 is 1.11 bits per heavy atom. The number of Topliss-reactive ketones (excluding diaryl/α,β-unsaturated/α-hetero) is 1. The minimum absolute atomic E-state index is 0.0510. The zero-order valence-electron chi connectivity index (χ0n) is 19.4. The number of carbonyl (C=O) groups is 2. The van der Waals surface area contributed by atoms with Crippen molar-refractivity contribution >= 4 is 57.3 Å². The quantitative estimate of drug-likeness (QED) is 0.105. The Kier molecular flexibility index (Phi) is 7.22. The van der Waals surface area contributed by atoms with Crippen molar-refractivity contribution in [1.82, 2.24) is 15.2 Å². The Hall–Kier alpha value is -3.73. The van der Waals surface area contributed by atoms with E-state index in [1.807, 2.05) is 24.3 Å². The van der Waals surface area contributed by atoms with Crippen LogP contribution in [-0.4, -0.2) is 39.1 Å². The number of aliphatic hydroxyl groups is 1. The van der Waals surface area contributed by atoms with E-state index in [1.54, 1.807) is 36.4 Å². The van der Waals surface area contributed by atoms with Gasteiger partial charge < -0.3 is 9.84 Å². The molecule has 3 heterocycles. The molecular formula is C26H19ClN4O4S2. The number of ether oxygens (including phenoxy) is 1. The first-order chi connectivity index (χ1) is 18.0. The van der Waals surface area contributed by atoms with E-state index >= 15 is 0 Å². The molecule has 1 atom stereocenters. The van der Waals surface area contributed by atoms with Gasteiger partial charge in [0.25, 0.3) is 5.78 Å². The van der Waals surface area contributed by atoms with Crippen LogP contribution in [0.15, 0.2) is 83.0 Å². The van der Waals surface area contributed by atoms with Crippen LogP contribution in [0.2, 0.25) is 5.02 Å². The number of benzene rings is 2. The zero-order chi connectivity index (χ0) is 25.9. The molecule has 1 N–H and O–H groups in total. The monoisotopic (exact) mass is 550 g/mol. The summed E-state index contributed by atoms with van der Waals surface area (Å²) in [6, 6.07) is 16.7. The molecule has 11 heteroatoms. The number of halogens is 1. The van der Waals surface area contributed by atoms with E-state index in [2.05, 4.69) is 15.2 Å². The number of anilines is 1. The molecular weight excluding hydrogens is 532 g/mol. The number of hydrogen-bond acceptors (Lipinski definition) is 9. The largest absolute Gasteiger partial charge is 0.507 e. The number of rotatable bonds is 7. The second-order valence-electron chi connectivity index (χ2n) is 7.91. The third kappa shape index (κ3) is 4.95. The molecule has 0 aliphatic carbocycles. The number of hydrogen-bond donors (Lipinski definition) is 1. The molecule has 37 heavy (non-hydrogen) atoms. The lowest BCUT2D eigenvalue weighted by atomic mass is 9.95. The van der Waals surface area contributed by atoms with Crippen molar-refractivity contribution < 1.29 is 19.4 Å². The van der Waals surface area contributed by atoms with E-state index in [0.29, 0.717) is 32.0 Å². The molecule has 0 radical (unpaired) electrons. The van der Waals surface area contributed by atoms with Crippen LogP contribution in [-0.2, 0) is 15.3 Å². The smallest absolute Gasteiger partial charge is 0.301 e. The molecule has 5 rings (SSSR count). The fourth-order valence-electron chi connectivity index (χ4n) is 3.94. The molecule has 4 aromatic rings. The highest BCUT2D eigenvalue weighted by Gasteiger charge is 2.48. The average molecular weight is 551 g/mol. The molecule has 0 spiro atoms. The summed E-state index contributed by atoms with van der Waals surface area (Å²) < 4.78 is 5.97. The number of amides is 1. The van der Waals surface area contributed by atoms with E-state index < -0.39 is 17.7 Å². The van der Waals surface area contributed by atoms with E-state index in [-0.39, 0.29) is 16.5 Å². The van der Waals surface area contributed by atoms with Crippen molar-refractivity contribution in [3.63, 3.8) is 0 Å². The number of methoxy groups -OCH3 is 1. The minimum atomic E-state index is -0.933. The van der Waals surface area contributed by atoms with E-state index in [0.717, 1.165) is 5.56 Å². The lowest BCUT2D eigenvalue weighted by molar-refractivity contribution is -0.132. The molecule has 1 unspecified atom stereocenters. The number of pyridine rings is 1. The van der Waals surface area contributed by atoms with Gasteiger partial charge in [0.1, 0.15) is 11.5 Å². The Morgan fingerprint density at radius 2 is 1.89 bits per heavy atom. The molecule has 1 saturated heterocycles. The summed E-state index contributed by atoms with van der Waals surface area (Å²) in [7, 11) is 1.53. The second-order valence-corrected chi connectivity index (χ2v) is 10.5. The molecule has 1 fully saturated rings. The summed E-state index contributed by atoms with van der Waals surface area (Å²) in [5, 5.41) is 20.5. The van der Waals surface area contributed by atoms with Crippen molar-refractivity contribution in [2.45, 2.75) is 16.1 Å². The number of aromatic nitrogens is 3. The van der Waals surface area contributed by atoms with Crippen molar-refractivity contribution in [3.05, 3.63) is 100 Å². The molecule has 8 nitrogen and oxygen atoms in total. The maximum absolute atomic E-state index is 13.3. The predicted molar refractivity (Wildman–Crippen MR) is 143 cm³/mol. The van der Waals surface area contributed by atoms with Gasteiger partial charge in [-0.15, -0.1) is 10.2 Å². The number of aliphatic hydroxyl groups excluding tert-OH is 1. The van der Waals surface area contributed by atoms with Crippen LogP contribution >= 0.6 is 34.7 Å². The van der Waals surface area contributed by atoms with Crippen LogP contribution in [0.1, 0.15) is 22.7 Å². The van der Waals surface area contributed by atoms with Crippen LogP contribution in [0.4, 0.5) is 5.13 Å². The SMILES string of the molecule is COc1cccc(C2/C(=C(\O)c3ccncc3)C(=O)C(=O)N2c2nnc(SCc3ccccc3Cl)s2)c1. The molecule has 1 amide bonds. The van der Waals surface area contributed by atoms with Gasteiger partial charge in [0.05, 0.1) is 18.7 Å². The Labute approximate surface area is 225 Å². The van der Waals surface area contributed by atoms with E-state index in [1.165, 1.54) is 47.5 Å². The Morgan fingerprint density at radius 3 is 2.65 bits per heavy atom. The molecule has 186 valence electrons.